The number of aromatic nitrogens is 1. The highest BCUT2D eigenvalue weighted by Crippen LogP contribution is 2.28. The van der Waals surface area contributed by atoms with Crippen LogP contribution in [-0.2, 0) is 0 Å². The molecule has 1 N–H and O–H groups in total. The molecule has 1 aromatic heterocycles. The summed E-state index contributed by atoms with van der Waals surface area (Å²) in [6.45, 7) is 0.735. The molecule has 2 aromatic rings. The van der Waals surface area contributed by atoms with E-state index < -0.39 is 0 Å². The highest BCUT2D eigenvalue weighted by atomic mass is 16.5. The first-order chi connectivity index (χ1) is 9.83. The van der Waals surface area contributed by atoms with Crippen molar-refractivity contribution < 1.29 is 9.53 Å². The molecule has 1 saturated carbocycles. The van der Waals surface area contributed by atoms with Crippen molar-refractivity contribution in [3.8, 4) is 11.6 Å². The zero-order valence-corrected chi connectivity index (χ0v) is 11.1. The highest BCUT2D eigenvalue weighted by Gasteiger charge is 2.23. The topological polar surface area (TPSA) is 51.2 Å². The summed E-state index contributed by atoms with van der Waals surface area (Å²) in [7, 11) is 0. The van der Waals surface area contributed by atoms with Crippen LogP contribution in [0.5, 0.6) is 11.6 Å². The van der Waals surface area contributed by atoms with E-state index in [-0.39, 0.29) is 5.91 Å². The number of nitrogens with one attached hydrogen (secondary N) is 1. The molecule has 0 atom stereocenters. The van der Waals surface area contributed by atoms with Gasteiger partial charge in [-0.1, -0.05) is 18.2 Å². The minimum atomic E-state index is -0.129. The lowest BCUT2D eigenvalue weighted by Crippen LogP contribution is -2.26. The standard InChI is InChI=1S/C16H16N2O2/c19-15(18-11-12-8-9-12)14-7-4-10-17-16(14)20-13-5-2-1-3-6-13/h1-7,10,12H,8-9,11H2,(H,18,19). The van der Waals surface area contributed by atoms with Gasteiger partial charge < -0.3 is 10.1 Å². The first-order valence-electron chi connectivity index (χ1n) is 6.79. The number of ether oxygens (including phenoxy) is 1. The second kappa shape index (κ2) is 5.74. The van der Waals surface area contributed by atoms with Crippen LogP contribution < -0.4 is 10.1 Å². The van der Waals surface area contributed by atoms with Crippen LogP contribution in [0.4, 0.5) is 0 Å². The van der Waals surface area contributed by atoms with Gasteiger partial charge in [0, 0.05) is 12.7 Å². The van der Waals surface area contributed by atoms with Gasteiger partial charge in [0.2, 0.25) is 5.88 Å². The van der Waals surface area contributed by atoms with E-state index in [9.17, 15) is 4.79 Å². The largest absolute Gasteiger partial charge is 0.438 e. The Labute approximate surface area is 117 Å². The third-order valence-electron chi connectivity index (χ3n) is 3.22. The van der Waals surface area contributed by atoms with Crippen LogP contribution in [0.3, 0.4) is 0 Å². The fourth-order valence-corrected chi connectivity index (χ4v) is 1.90. The lowest BCUT2D eigenvalue weighted by Gasteiger charge is -2.10. The summed E-state index contributed by atoms with van der Waals surface area (Å²) < 4.78 is 5.68. The lowest BCUT2D eigenvalue weighted by atomic mass is 10.2. The normalized spacial score (nSPS) is 13.8. The van der Waals surface area contributed by atoms with E-state index in [0.717, 1.165) is 6.54 Å². The summed E-state index contributed by atoms with van der Waals surface area (Å²) in [5.74, 6) is 1.53. The number of rotatable bonds is 5. The average Bonchev–Trinajstić information content (AvgIpc) is 3.31. The van der Waals surface area contributed by atoms with Crippen LogP contribution in [0.25, 0.3) is 0 Å². The fraction of sp³-hybridized carbons (Fsp3) is 0.250. The molecule has 1 aliphatic carbocycles. The Hall–Kier alpha value is -2.36. The van der Waals surface area contributed by atoms with Crippen molar-refractivity contribution >= 4 is 5.91 Å². The first-order valence-corrected chi connectivity index (χ1v) is 6.79. The molecule has 102 valence electrons. The van der Waals surface area contributed by atoms with Crippen molar-refractivity contribution in [3.05, 3.63) is 54.2 Å². The predicted octanol–water partition coefficient (Wildman–Crippen LogP) is 3.01. The molecule has 1 heterocycles. The van der Waals surface area contributed by atoms with Gasteiger partial charge in [-0.2, -0.15) is 0 Å². The first kappa shape index (κ1) is 12.7. The maximum absolute atomic E-state index is 12.2. The summed E-state index contributed by atoms with van der Waals surface area (Å²) in [6, 6.07) is 12.8. The van der Waals surface area contributed by atoms with Gasteiger partial charge in [-0.15, -0.1) is 0 Å². The van der Waals surface area contributed by atoms with Crippen LogP contribution in [-0.4, -0.2) is 17.4 Å². The Kier molecular flexibility index (Phi) is 3.63. The number of hydrogen-bond donors (Lipinski definition) is 1. The molecule has 0 bridgehead atoms. The third-order valence-corrected chi connectivity index (χ3v) is 3.22. The van der Waals surface area contributed by atoms with Gasteiger partial charge >= 0.3 is 0 Å². The molecular weight excluding hydrogens is 252 g/mol. The summed E-state index contributed by atoms with van der Waals surface area (Å²) in [4.78, 5) is 16.3. The zero-order chi connectivity index (χ0) is 13.8. The Morgan fingerprint density at radius 2 is 2.00 bits per heavy atom. The molecular formula is C16H16N2O2. The second-order valence-electron chi connectivity index (χ2n) is 4.92. The SMILES string of the molecule is O=C(NCC1CC1)c1cccnc1Oc1ccccc1. The maximum Gasteiger partial charge on any atom is 0.256 e. The number of pyridine rings is 1. The van der Waals surface area contributed by atoms with Crippen molar-refractivity contribution in [1.29, 1.82) is 0 Å². The molecule has 0 spiro atoms. The smallest absolute Gasteiger partial charge is 0.256 e. The minimum absolute atomic E-state index is 0.129. The van der Waals surface area contributed by atoms with Crippen LogP contribution in [0, 0.1) is 5.92 Å². The van der Waals surface area contributed by atoms with E-state index in [0.29, 0.717) is 23.1 Å². The quantitative estimate of drug-likeness (QED) is 0.906. The van der Waals surface area contributed by atoms with Crippen LogP contribution in [0.1, 0.15) is 23.2 Å². The molecule has 1 aliphatic rings. The van der Waals surface area contributed by atoms with Crippen LogP contribution in [0.15, 0.2) is 48.7 Å². The average molecular weight is 268 g/mol. The van der Waals surface area contributed by atoms with Crippen molar-refractivity contribution in [3.63, 3.8) is 0 Å². The van der Waals surface area contributed by atoms with Gasteiger partial charge in [-0.05, 0) is 43.0 Å². The molecule has 0 aliphatic heterocycles. The molecule has 4 heteroatoms. The Bertz CT molecular complexity index is 594. The number of amides is 1. The van der Waals surface area contributed by atoms with Crippen molar-refractivity contribution in [2.75, 3.05) is 6.54 Å². The predicted molar refractivity (Wildman–Crippen MR) is 75.8 cm³/mol. The Balaban J connectivity index is 1.74. The van der Waals surface area contributed by atoms with E-state index in [4.69, 9.17) is 4.74 Å². The highest BCUT2D eigenvalue weighted by molar-refractivity contribution is 5.96. The molecule has 1 amide bonds. The van der Waals surface area contributed by atoms with E-state index in [1.165, 1.54) is 12.8 Å². The zero-order valence-electron chi connectivity index (χ0n) is 11.1. The van der Waals surface area contributed by atoms with Gasteiger partial charge in [0.15, 0.2) is 0 Å². The second-order valence-corrected chi connectivity index (χ2v) is 4.92. The van der Waals surface area contributed by atoms with Gasteiger partial charge in [-0.25, -0.2) is 4.98 Å². The summed E-state index contributed by atoms with van der Waals surface area (Å²) in [5.41, 5.74) is 0.469. The maximum atomic E-state index is 12.2. The molecule has 3 rings (SSSR count). The molecule has 4 nitrogen and oxygen atoms in total. The number of carbonyl (C=O) groups is 1. The number of nitrogens with zero attached hydrogens (tertiary/aromatic N) is 1. The summed E-state index contributed by atoms with van der Waals surface area (Å²) in [5, 5.41) is 2.93. The summed E-state index contributed by atoms with van der Waals surface area (Å²) in [6.07, 6.45) is 4.04. The monoisotopic (exact) mass is 268 g/mol. The minimum Gasteiger partial charge on any atom is -0.438 e. The van der Waals surface area contributed by atoms with Crippen molar-refractivity contribution in [1.82, 2.24) is 10.3 Å². The van der Waals surface area contributed by atoms with E-state index >= 15 is 0 Å². The van der Waals surface area contributed by atoms with E-state index in [1.807, 2.05) is 30.3 Å². The Morgan fingerprint density at radius 3 is 2.75 bits per heavy atom. The lowest BCUT2D eigenvalue weighted by molar-refractivity contribution is 0.0949. The van der Waals surface area contributed by atoms with E-state index in [2.05, 4.69) is 10.3 Å². The van der Waals surface area contributed by atoms with Gasteiger partial charge in [-0.3, -0.25) is 4.79 Å². The molecule has 0 unspecified atom stereocenters. The van der Waals surface area contributed by atoms with Crippen LogP contribution >= 0.6 is 0 Å². The number of para-hydroxylation sites is 1. The molecule has 20 heavy (non-hydrogen) atoms. The summed E-state index contributed by atoms with van der Waals surface area (Å²) >= 11 is 0. The van der Waals surface area contributed by atoms with Gasteiger partial charge in [0.25, 0.3) is 5.91 Å². The third kappa shape index (κ3) is 3.15. The number of carbonyl (C=O) groups excluding carboxylic acids is 1. The van der Waals surface area contributed by atoms with Crippen LogP contribution in [0.2, 0.25) is 0 Å². The Morgan fingerprint density at radius 1 is 1.20 bits per heavy atom. The fourth-order valence-electron chi connectivity index (χ4n) is 1.90. The molecule has 0 radical (unpaired) electrons. The van der Waals surface area contributed by atoms with E-state index in [1.54, 1.807) is 18.3 Å². The van der Waals surface area contributed by atoms with Gasteiger partial charge in [0.05, 0.1) is 0 Å². The molecule has 1 aromatic carbocycles. The van der Waals surface area contributed by atoms with Gasteiger partial charge in [0.1, 0.15) is 11.3 Å². The molecule has 1 fully saturated rings. The number of benzene rings is 1. The van der Waals surface area contributed by atoms with Crippen molar-refractivity contribution in [2.45, 2.75) is 12.8 Å². The van der Waals surface area contributed by atoms with Crippen molar-refractivity contribution in [2.24, 2.45) is 5.92 Å². The molecule has 0 saturated heterocycles. The number of hydrogen-bond acceptors (Lipinski definition) is 3.